The molecule has 0 spiro atoms. The molecule has 0 saturated heterocycles. The fraction of sp³-hybridized carbons (Fsp3) is 0.167. The average Bonchev–Trinajstić information content (AvgIpc) is 2.70. The van der Waals surface area contributed by atoms with Crippen molar-refractivity contribution in [2.75, 3.05) is 5.75 Å². The van der Waals surface area contributed by atoms with Gasteiger partial charge in [0, 0.05) is 0 Å². The highest BCUT2D eigenvalue weighted by molar-refractivity contribution is 8.00. The monoisotopic (exact) mass is 344 g/mol. The van der Waals surface area contributed by atoms with Gasteiger partial charge in [0.2, 0.25) is 0 Å². The number of hydrogen-bond donors (Lipinski definition) is 0. The van der Waals surface area contributed by atoms with E-state index in [-0.39, 0.29) is 4.75 Å². The van der Waals surface area contributed by atoms with E-state index < -0.39 is 0 Å². The first-order chi connectivity index (χ1) is 12.4. The van der Waals surface area contributed by atoms with Crippen molar-refractivity contribution in [3.8, 4) is 0 Å². The normalized spacial score (nSPS) is 11.7. The van der Waals surface area contributed by atoms with Crippen molar-refractivity contribution >= 4 is 11.8 Å². The van der Waals surface area contributed by atoms with E-state index in [0.29, 0.717) is 0 Å². The summed E-state index contributed by atoms with van der Waals surface area (Å²) in [5.74, 6) is 1.07. The smallest absolute Gasteiger partial charge is 0.0907 e. The van der Waals surface area contributed by atoms with Gasteiger partial charge in [0.05, 0.1) is 4.75 Å². The van der Waals surface area contributed by atoms with Crippen LogP contribution in [0.15, 0.2) is 103 Å². The van der Waals surface area contributed by atoms with E-state index in [1.165, 1.54) is 16.7 Å². The summed E-state index contributed by atoms with van der Waals surface area (Å²) in [6.45, 7) is 2.09. The second-order valence-electron chi connectivity index (χ2n) is 5.99. The SMILES string of the molecule is CC=CCCSC(c1ccccc1)(c1ccccc1)c1ccccc1. The number of allylic oxidation sites excluding steroid dienone is 2. The van der Waals surface area contributed by atoms with Gasteiger partial charge in [0.1, 0.15) is 0 Å². The second-order valence-corrected chi connectivity index (χ2v) is 7.29. The minimum atomic E-state index is -0.189. The Labute approximate surface area is 155 Å². The summed E-state index contributed by atoms with van der Waals surface area (Å²) in [5.41, 5.74) is 3.99. The molecule has 0 atom stereocenters. The molecule has 0 nitrogen and oxygen atoms in total. The van der Waals surface area contributed by atoms with Gasteiger partial charge in [-0.2, -0.15) is 0 Å². The largest absolute Gasteiger partial charge is 0.140 e. The summed E-state index contributed by atoms with van der Waals surface area (Å²) < 4.78 is -0.189. The zero-order chi connectivity index (χ0) is 17.4. The lowest BCUT2D eigenvalue weighted by molar-refractivity contribution is 0.892. The molecule has 0 aromatic heterocycles. The van der Waals surface area contributed by atoms with Crippen molar-refractivity contribution in [3.05, 3.63) is 120 Å². The van der Waals surface area contributed by atoms with Gasteiger partial charge in [-0.25, -0.2) is 0 Å². The van der Waals surface area contributed by atoms with Crippen LogP contribution in [0.25, 0.3) is 0 Å². The summed E-state index contributed by atoms with van der Waals surface area (Å²) in [7, 11) is 0. The van der Waals surface area contributed by atoms with E-state index in [9.17, 15) is 0 Å². The average molecular weight is 345 g/mol. The van der Waals surface area contributed by atoms with E-state index in [0.717, 1.165) is 12.2 Å². The zero-order valence-corrected chi connectivity index (χ0v) is 15.5. The Morgan fingerprint density at radius 1 is 0.680 bits per heavy atom. The summed E-state index contributed by atoms with van der Waals surface area (Å²) in [6, 6.07) is 32.6. The molecule has 3 rings (SSSR count). The van der Waals surface area contributed by atoms with Crippen molar-refractivity contribution in [1.29, 1.82) is 0 Å². The van der Waals surface area contributed by atoms with Gasteiger partial charge in [-0.05, 0) is 35.8 Å². The number of thioether (sulfide) groups is 1. The van der Waals surface area contributed by atoms with Gasteiger partial charge < -0.3 is 0 Å². The Bertz CT molecular complexity index is 679. The fourth-order valence-electron chi connectivity index (χ4n) is 3.22. The van der Waals surface area contributed by atoms with Crippen LogP contribution in [0.4, 0.5) is 0 Å². The standard InChI is InChI=1S/C24H24S/c1-2-3-13-20-25-24(21-14-7-4-8-15-21,22-16-9-5-10-17-22)23-18-11-6-12-19-23/h2-12,14-19H,13,20H2,1H3. The van der Waals surface area contributed by atoms with E-state index in [1.807, 2.05) is 11.8 Å². The van der Waals surface area contributed by atoms with Gasteiger partial charge in [0.25, 0.3) is 0 Å². The third-order valence-corrected chi connectivity index (χ3v) is 5.96. The Morgan fingerprint density at radius 2 is 1.08 bits per heavy atom. The lowest BCUT2D eigenvalue weighted by Crippen LogP contribution is -2.26. The summed E-state index contributed by atoms with van der Waals surface area (Å²) in [6.07, 6.45) is 5.46. The molecule has 0 aliphatic heterocycles. The van der Waals surface area contributed by atoms with Gasteiger partial charge >= 0.3 is 0 Å². The first-order valence-electron chi connectivity index (χ1n) is 8.79. The molecule has 3 aromatic carbocycles. The van der Waals surface area contributed by atoms with Crippen molar-refractivity contribution in [2.45, 2.75) is 18.1 Å². The van der Waals surface area contributed by atoms with E-state index >= 15 is 0 Å². The lowest BCUT2D eigenvalue weighted by atomic mass is 9.84. The van der Waals surface area contributed by atoms with Gasteiger partial charge in [-0.1, -0.05) is 103 Å². The van der Waals surface area contributed by atoms with Crippen LogP contribution in [-0.2, 0) is 4.75 Å². The Morgan fingerprint density at radius 3 is 1.44 bits per heavy atom. The van der Waals surface area contributed by atoms with Crippen LogP contribution in [0, 0.1) is 0 Å². The molecular weight excluding hydrogens is 320 g/mol. The summed E-state index contributed by atoms with van der Waals surface area (Å²) in [4.78, 5) is 0. The molecule has 0 N–H and O–H groups in total. The van der Waals surface area contributed by atoms with Crippen LogP contribution < -0.4 is 0 Å². The van der Waals surface area contributed by atoms with Crippen LogP contribution in [-0.4, -0.2) is 5.75 Å². The van der Waals surface area contributed by atoms with E-state index in [2.05, 4.69) is 110 Å². The predicted octanol–water partition coefficient (Wildman–Crippen LogP) is 6.68. The molecule has 0 aliphatic carbocycles. The van der Waals surface area contributed by atoms with Crippen molar-refractivity contribution in [2.24, 2.45) is 0 Å². The molecule has 126 valence electrons. The topological polar surface area (TPSA) is 0 Å². The molecule has 0 amide bonds. The highest BCUT2D eigenvalue weighted by Gasteiger charge is 2.36. The molecule has 0 unspecified atom stereocenters. The molecule has 0 aliphatic rings. The maximum absolute atomic E-state index is 2.25. The molecule has 0 saturated carbocycles. The summed E-state index contributed by atoms with van der Waals surface area (Å²) in [5, 5.41) is 0. The summed E-state index contributed by atoms with van der Waals surface area (Å²) >= 11 is 2.02. The quantitative estimate of drug-likeness (QED) is 0.262. The predicted molar refractivity (Wildman–Crippen MR) is 111 cm³/mol. The first-order valence-corrected chi connectivity index (χ1v) is 9.78. The molecule has 1 heteroatoms. The molecule has 0 radical (unpaired) electrons. The van der Waals surface area contributed by atoms with Gasteiger partial charge in [0.15, 0.2) is 0 Å². The molecule has 3 aromatic rings. The number of hydrogen-bond acceptors (Lipinski definition) is 1. The molecule has 0 fully saturated rings. The third kappa shape index (κ3) is 3.88. The third-order valence-electron chi connectivity index (χ3n) is 4.38. The van der Waals surface area contributed by atoms with E-state index in [4.69, 9.17) is 0 Å². The Hall–Kier alpha value is -2.25. The fourth-order valence-corrected chi connectivity index (χ4v) is 4.68. The number of rotatable bonds is 7. The molecular formula is C24H24S. The van der Waals surface area contributed by atoms with Gasteiger partial charge in [-0.15, -0.1) is 11.8 Å². The first kappa shape index (κ1) is 17.6. The van der Waals surface area contributed by atoms with Crippen molar-refractivity contribution < 1.29 is 0 Å². The van der Waals surface area contributed by atoms with E-state index in [1.54, 1.807) is 0 Å². The van der Waals surface area contributed by atoms with Crippen molar-refractivity contribution in [3.63, 3.8) is 0 Å². The van der Waals surface area contributed by atoms with Crippen LogP contribution in [0.3, 0.4) is 0 Å². The highest BCUT2D eigenvalue weighted by Crippen LogP contribution is 2.48. The lowest BCUT2D eigenvalue weighted by Gasteiger charge is -2.35. The Kier molecular flexibility index (Phi) is 6.14. The zero-order valence-electron chi connectivity index (χ0n) is 14.6. The maximum Gasteiger partial charge on any atom is 0.0907 e. The maximum atomic E-state index is 2.25. The molecule has 0 heterocycles. The minimum Gasteiger partial charge on any atom is -0.140 e. The highest BCUT2D eigenvalue weighted by atomic mass is 32.2. The van der Waals surface area contributed by atoms with Crippen molar-refractivity contribution in [1.82, 2.24) is 0 Å². The minimum absolute atomic E-state index is 0.189. The Balaban J connectivity index is 2.16. The van der Waals surface area contributed by atoms with Gasteiger partial charge in [-0.3, -0.25) is 0 Å². The van der Waals surface area contributed by atoms with Crippen LogP contribution in [0.5, 0.6) is 0 Å². The molecule has 25 heavy (non-hydrogen) atoms. The second kappa shape index (κ2) is 8.73. The van der Waals surface area contributed by atoms with Crippen LogP contribution in [0.1, 0.15) is 30.0 Å². The van der Waals surface area contributed by atoms with Crippen LogP contribution >= 0.6 is 11.8 Å². The van der Waals surface area contributed by atoms with Crippen LogP contribution in [0.2, 0.25) is 0 Å². The number of benzene rings is 3. The molecule has 0 bridgehead atoms.